The number of anilines is 2. The number of oxime groups is 1. The van der Waals surface area contributed by atoms with E-state index in [2.05, 4.69) is 65.4 Å². The second-order valence-electron chi connectivity index (χ2n) is 6.28. The van der Waals surface area contributed by atoms with E-state index in [4.69, 9.17) is 4.84 Å². The van der Waals surface area contributed by atoms with Crippen LogP contribution in [0.4, 0.5) is 11.4 Å². The molecule has 3 rings (SSSR count). The minimum absolute atomic E-state index is 0.768. The molecule has 0 amide bonds. The van der Waals surface area contributed by atoms with Gasteiger partial charge in [-0.2, -0.15) is 0 Å². The van der Waals surface area contributed by atoms with Crippen LogP contribution in [0.25, 0.3) is 0 Å². The third-order valence-electron chi connectivity index (χ3n) is 3.70. The van der Waals surface area contributed by atoms with E-state index in [1.807, 2.05) is 19.9 Å². The van der Waals surface area contributed by atoms with Crippen LogP contribution in [0.5, 0.6) is 5.75 Å². The summed E-state index contributed by atoms with van der Waals surface area (Å²) in [5, 5.41) is 4.07. The highest BCUT2D eigenvalue weighted by Crippen LogP contribution is 2.48. The average molecular weight is 341 g/mol. The van der Waals surface area contributed by atoms with Crippen molar-refractivity contribution in [2.75, 3.05) is 32.1 Å². The van der Waals surface area contributed by atoms with Crippen molar-refractivity contribution in [3.05, 3.63) is 42.5 Å². The smallest absolute Gasteiger partial charge is 0.160 e. The predicted octanol–water partition coefficient (Wildman–Crippen LogP) is 4.63. The van der Waals surface area contributed by atoms with E-state index in [9.17, 15) is 0 Å². The minimum atomic E-state index is 0.768. The summed E-state index contributed by atoms with van der Waals surface area (Å²) in [5.74, 6) is 0.768. The second kappa shape index (κ2) is 7.28. The topological polar surface area (TPSA) is 28.1 Å². The molecule has 0 bridgehead atoms. The lowest BCUT2D eigenvalue weighted by atomic mass is 10.2. The summed E-state index contributed by atoms with van der Waals surface area (Å²) < 4.78 is 0. The molecule has 0 saturated carbocycles. The molecule has 2 aromatic carbocycles. The van der Waals surface area contributed by atoms with Gasteiger partial charge in [-0.1, -0.05) is 29.1 Å². The van der Waals surface area contributed by atoms with Gasteiger partial charge in [0, 0.05) is 28.9 Å². The molecule has 0 atom stereocenters. The Labute approximate surface area is 148 Å². The summed E-state index contributed by atoms with van der Waals surface area (Å²) in [5.41, 5.74) is 3.34. The summed E-state index contributed by atoms with van der Waals surface area (Å²) in [6.07, 6.45) is 0. The first-order valence-electron chi connectivity index (χ1n) is 8.06. The van der Waals surface area contributed by atoms with Crippen LogP contribution in [0.1, 0.15) is 13.8 Å². The van der Waals surface area contributed by atoms with Crippen LogP contribution in [-0.2, 0) is 0 Å². The maximum atomic E-state index is 5.54. The largest absolute Gasteiger partial charge is 0.357 e. The number of para-hydroxylation sites is 1. The first-order chi connectivity index (χ1) is 11.5. The highest BCUT2D eigenvalue weighted by molar-refractivity contribution is 7.99. The lowest BCUT2D eigenvalue weighted by Gasteiger charge is -2.33. The molecule has 4 nitrogen and oxygen atoms in total. The van der Waals surface area contributed by atoms with E-state index in [0.717, 1.165) is 24.6 Å². The molecular weight excluding hydrogens is 318 g/mol. The summed E-state index contributed by atoms with van der Waals surface area (Å²) in [7, 11) is 4.20. The molecular formula is C19H23N3OS. The standard InChI is InChI=1S/C19H23N3OS/c1-14(2)20-23-15-9-10-19-17(13-15)22(12-11-21(3)4)16-7-5-6-8-18(16)24-19/h5-10,13H,11-12H2,1-4H3. The fraction of sp³-hybridized carbons (Fsp3) is 0.316. The van der Waals surface area contributed by atoms with E-state index in [-0.39, 0.29) is 0 Å². The Morgan fingerprint density at radius 1 is 1.08 bits per heavy atom. The van der Waals surface area contributed by atoms with Crippen LogP contribution in [0.15, 0.2) is 57.4 Å². The maximum Gasteiger partial charge on any atom is 0.160 e. The number of rotatable bonds is 5. The SMILES string of the molecule is CC(C)=NOc1ccc2c(c1)N(CCN(C)C)c1ccccc1S2. The number of benzene rings is 2. The Balaban J connectivity index is 1.97. The van der Waals surface area contributed by atoms with Gasteiger partial charge >= 0.3 is 0 Å². The number of hydrogen-bond donors (Lipinski definition) is 0. The van der Waals surface area contributed by atoms with Gasteiger partial charge in [-0.3, -0.25) is 0 Å². The van der Waals surface area contributed by atoms with Crippen LogP contribution >= 0.6 is 11.8 Å². The first-order valence-corrected chi connectivity index (χ1v) is 8.87. The Morgan fingerprint density at radius 2 is 1.83 bits per heavy atom. The summed E-state index contributed by atoms with van der Waals surface area (Å²) in [6, 6.07) is 14.7. The van der Waals surface area contributed by atoms with Crippen LogP contribution in [0.2, 0.25) is 0 Å². The number of likely N-dealkylation sites (N-methyl/N-ethyl adjacent to an activating group) is 1. The molecule has 126 valence electrons. The third-order valence-corrected chi connectivity index (χ3v) is 4.83. The molecule has 0 spiro atoms. The van der Waals surface area contributed by atoms with Crippen molar-refractivity contribution in [3.63, 3.8) is 0 Å². The zero-order valence-corrected chi connectivity index (χ0v) is 15.4. The summed E-state index contributed by atoms with van der Waals surface area (Å²) >= 11 is 1.81. The van der Waals surface area contributed by atoms with Crippen LogP contribution < -0.4 is 9.74 Å². The van der Waals surface area contributed by atoms with Crippen molar-refractivity contribution in [1.29, 1.82) is 0 Å². The lowest BCUT2D eigenvalue weighted by molar-refractivity contribution is 0.340. The highest BCUT2D eigenvalue weighted by atomic mass is 32.2. The Hall–Kier alpha value is -1.98. The maximum absolute atomic E-state index is 5.54. The van der Waals surface area contributed by atoms with Crippen molar-refractivity contribution >= 4 is 28.8 Å². The van der Waals surface area contributed by atoms with E-state index >= 15 is 0 Å². The summed E-state index contributed by atoms with van der Waals surface area (Å²) in [4.78, 5) is 12.7. The molecule has 2 aromatic rings. The van der Waals surface area contributed by atoms with Gasteiger partial charge in [-0.25, -0.2) is 0 Å². The van der Waals surface area contributed by atoms with Gasteiger partial charge in [-0.15, -0.1) is 0 Å². The molecule has 0 N–H and O–H groups in total. The Bertz CT molecular complexity index is 754. The predicted molar refractivity (Wildman–Crippen MR) is 102 cm³/mol. The van der Waals surface area contributed by atoms with Crippen LogP contribution in [0.3, 0.4) is 0 Å². The normalized spacial score (nSPS) is 12.6. The van der Waals surface area contributed by atoms with Crippen molar-refractivity contribution in [2.24, 2.45) is 5.16 Å². The summed E-state index contributed by atoms with van der Waals surface area (Å²) in [6.45, 7) is 5.76. The van der Waals surface area contributed by atoms with Gasteiger partial charge in [0.2, 0.25) is 0 Å². The molecule has 0 aromatic heterocycles. The second-order valence-corrected chi connectivity index (χ2v) is 7.37. The van der Waals surface area contributed by atoms with Gasteiger partial charge in [0.05, 0.1) is 17.1 Å². The third kappa shape index (κ3) is 3.74. The van der Waals surface area contributed by atoms with E-state index in [0.29, 0.717) is 0 Å². The Kier molecular flexibility index (Phi) is 5.11. The first kappa shape index (κ1) is 16.9. The van der Waals surface area contributed by atoms with E-state index < -0.39 is 0 Å². The molecule has 1 aliphatic heterocycles. The molecule has 0 saturated heterocycles. The van der Waals surface area contributed by atoms with Gasteiger partial charge in [0.15, 0.2) is 5.75 Å². The number of nitrogens with zero attached hydrogens (tertiary/aromatic N) is 3. The molecule has 0 radical (unpaired) electrons. The molecule has 0 fully saturated rings. The Morgan fingerprint density at radius 3 is 2.58 bits per heavy atom. The zero-order valence-electron chi connectivity index (χ0n) is 14.6. The van der Waals surface area contributed by atoms with Crippen LogP contribution in [-0.4, -0.2) is 37.8 Å². The molecule has 0 aliphatic carbocycles. The fourth-order valence-electron chi connectivity index (χ4n) is 2.55. The molecule has 5 heteroatoms. The van der Waals surface area contributed by atoms with Gasteiger partial charge in [0.1, 0.15) is 0 Å². The van der Waals surface area contributed by atoms with Crippen molar-refractivity contribution in [2.45, 2.75) is 23.6 Å². The van der Waals surface area contributed by atoms with Crippen LogP contribution in [0, 0.1) is 0 Å². The molecule has 1 aliphatic rings. The van der Waals surface area contributed by atoms with Gasteiger partial charge in [0.25, 0.3) is 0 Å². The monoisotopic (exact) mass is 341 g/mol. The van der Waals surface area contributed by atoms with Crippen molar-refractivity contribution < 1.29 is 4.84 Å². The van der Waals surface area contributed by atoms with Gasteiger partial charge < -0.3 is 14.6 Å². The number of hydrogen-bond acceptors (Lipinski definition) is 5. The molecule has 0 unspecified atom stereocenters. The molecule has 24 heavy (non-hydrogen) atoms. The van der Waals surface area contributed by atoms with E-state index in [1.165, 1.54) is 21.2 Å². The molecule has 1 heterocycles. The van der Waals surface area contributed by atoms with E-state index in [1.54, 1.807) is 11.8 Å². The number of fused-ring (bicyclic) bond motifs is 2. The van der Waals surface area contributed by atoms with Crippen molar-refractivity contribution in [1.82, 2.24) is 4.90 Å². The van der Waals surface area contributed by atoms with Crippen molar-refractivity contribution in [3.8, 4) is 5.75 Å². The fourth-order valence-corrected chi connectivity index (χ4v) is 3.63. The lowest BCUT2D eigenvalue weighted by Crippen LogP contribution is -2.29. The average Bonchev–Trinajstić information content (AvgIpc) is 2.56. The highest BCUT2D eigenvalue weighted by Gasteiger charge is 2.23. The minimum Gasteiger partial charge on any atom is -0.357 e. The quantitative estimate of drug-likeness (QED) is 0.586. The van der Waals surface area contributed by atoms with Gasteiger partial charge in [-0.05, 0) is 52.2 Å². The zero-order chi connectivity index (χ0) is 17.1.